The minimum Gasteiger partial charge on any atom is -0.369 e. The average Bonchev–Trinajstić information content (AvgIpc) is 3.16. The molecule has 1 heterocycles. The summed E-state index contributed by atoms with van der Waals surface area (Å²) in [5, 5.41) is 9.04. The predicted octanol–water partition coefficient (Wildman–Crippen LogP) is 5.42. The van der Waals surface area contributed by atoms with Gasteiger partial charge in [-0.1, -0.05) is 13.8 Å². The molecule has 1 aromatic heterocycles. The van der Waals surface area contributed by atoms with Crippen LogP contribution in [0.25, 0.3) is 0 Å². The van der Waals surface area contributed by atoms with Gasteiger partial charge in [-0.2, -0.15) is 18.4 Å². The first-order valence-corrected chi connectivity index (χ1v) is 9.53. The predicted molar refractivity (Wildman–Crippen MR) is 102 cm³/mol. The molecule has 0 spiro atoms. The fraction of sp³-hybridized carbons (Fsp3) is 0.524. The fourth-order valence-electron chi connectivity index (χ4n) is 4.36. The van der Waals surface area contributed by atoms with Gasteiger partial charge < -0.3 is 9.47 Å². The second-order valence-corrected chi connectivity index (χ2v) is 8.07. The van der Waals surface area contributed by atoms with E-state index in [9.17, 15) is 13.2 Å². The highest BCUT2D eigenvalue weighted by molar-refractivity contribution is 5.55. The number of imidazole rings is 1. The van der Waals surface area contributed by atoms with Gasteiger partial charge in [-0.15, -0.1) is 0 Å². The molecule has 1 aliphatic rings. The Morgan fingerprint density at radius 3 is 2.68 bits per heavy atom. The number of nitriles is 1. The molecule has 0 radical (unpaired) electrons. The van der Waals surface area contributed by atoms with Crippen LogP contribution in [0, 0.1) is 16.7 Å². The summed E-state index contributed by atoms with van der Waals surface area (Å²) >= 11 is 0. The normalized spacial score (nSPS) is 21.9. The van der Waals surface area contributed by atoms with Crippen molar-refractivity contribution in [2.24, 2.45) is 5.41 Å². The van der Waals surface area contributed by atoms with Gasteiger partial charge in [0, 0.05) is 36.7 Å². The van der Waals surface area contributed by atoms with Gasteiger partial charge in [-0.3, -0.25) is 0 Å². The molecule has 2 atom stereocenters. The third kappa shape index (κ3) is 3.87. The van der Waals surface area contributed by atoms with Gasteiger partial charge in [0.05, 0.1) is 23.5 Å². The van der Waals surface area contributed by atoms with E-state index in [-0.39, 0.29) is 23.1 Å². The molecule has 3 rings (SSSR count). The van der Waals surface area contributed by atoms with Crippen LogP contribution in [-0.2, 0) is 6.18 Å². The van der Waals surface area contributed by atoms with E-state index in [1.165, 1.54) is 6.07 Å². The van der Waals surface area contributed by atoms with Crippen molar-refractivity contribution in [2.45, 2.75) is 58.3 Å². The van der Waals surface area contributed by atoms with Crippen LogP contribution in [0.1, 0.15) is 57.2 Å². The number of aromatic nitrogens is 2. The van der Waals surface area contributed by atoms with Crippen LogP contribution in [0.5, 0.6) is 0 Å². The lowest BCUT2D eigenvalue weighted by Crippen LogP contribution is -2.44. The lowest BCUT2D eigenvalue weighted by Gasteiger charge is -2.46. The first-order valence-electron chi connectivity index (χ1n) is 9.53. The number of halogens is 3. The zero-order chi connectivity index (χ0) is 20.5. The van der Waals surface area contributed by atoms with Gasteiger partial charge in [0.2, 0.25) is 0 Å². The molecule has 2 unspecified atom stereocenters. The average molecular weight is 390 g/mol. The molecule has 2 aromatic rings. The van der Waals surface area contributed by atoms with E-state index in [0.717, 1.165) is 25.3 Å². The first kappa shape index (κ1) is 20.2. The Kier molecular flexibility index (Phi) is 5.42. The van der Waals surface area contributed by atoms with Crippen molar-refractivity contribution in [1.29, 1.82) is 5.26 Å². The van der Waals surface area contributed by atoms with Gasteiger partial charge in [0.25, 0.3) is 0 Å². The summed E-state index contributed by atoms with van der Waals surface area (Å²) < 4.78 is 42.3. The van der Waals surface area contributed by atoms with Crippen molar-refractivity contribution in [1.82, 2.24) is 9.55 Å². The van der Waals surface area contributed by atoms with Crippen LogP contribution in [0.15, 0.2) is 36.9 Å². The lowest BCUT2D eigenvalue weighted by molar-refractivity contribution is -0.137. The maximum Gasteiger partial charge on any atom is 0.417 e. The molecule has 150 valence electrons. The molecule has 0 saturated heterocycles. The SMILES string of the molecule is CCN(c1ccc(C#N)c(C(F)(F)F)c1)C1CCC(C)(C)C(n2ccnc2)C1. The molecule has 1 aromatic carbocycles. The second kappa shape index (κ2) is 7.50. The second-order valence-electron chi connectivity index (χ2n) is 8.07. The van der Waals surface area contributed by atoms with E-state index >= 15 is 0 Å². The Bertz CT molecular complexity index is 850. The van der Waals surface area contributed by atoms with Gasteiger partial charge in [-0.25, -0.2) is 4.98 Å². The Labute approximate surface area is 163 Å². The number of alkyl halides is 3. The number of nitrogens with zero attached hydrogens (tertiary/aromatic N) is 4. The van der Waals surface area contributed by atoms with E-state index in [1.807, 2.05) is 24.3 Å². The molecule has 0 bridgehead atoms. The molecule has 1 fully saturated rings. The van der Waals surface area contributed by atoms with Crippen LogP contribution >= 0.6 is 0 Å². The highest BCUT2D eigenvalue weighted by Gasteiger charge is 2.40. The summed E-state index contributed by atoms with van der Waals surface area (Å²) in [4.78, 5) is 6.20. The van der Waals surface area contributed by atoms with E-state index in [1.54, 1.807) is 18.3 Å². The molecule has 28 heavy (non-hydrogen) atoms. The minimum absolute atomic E-state index is 0.0818. The van der Waals surface area contributed by atoms with Gasteiger partial charge >= 0.3 is 6.18 Å². The third-order valence-electron chi connectivity index (χ3n) is 5.95. The fourth-order valence-corrected chi connectivity index (χ4v) is 4.36. The minimum atomic E-state index is -4.55. The van der Waals surface area contributed by atoms with Crippen LogP contribution in [0.3, 0.4) is 0 Å². The van der Waals surface area contributed by atoms with Gasteiger partial charge in [0.1, 0.15) is 0 Å². The summed E-state index contributed by atoms with van der Waals surface area (Å²) in [6.07, 6.45) is 3.69. The number of anilines is 1. The molecule has 0 aliphatic heterocycles. The maximum atomic E-state index is 13.4. The van der Waals surface area contributed by atoms with Crippen molar-refractivity contribution >= 4 is 5.69 Å². The zero-order valence-electron chi connectivity index (χ0n) is 16.4. The zero-order valence-corrected chi connectivity index (χ0v) is 16.4. The van der Waals surface area contributed by atoms with E-state index in [2.05, 4.69) is 23.4 Å². The summed E-state index contributed by atoms with van der Waals surface area (Å²) in [5.74, 6) is 0. The van der Waals surface area contributed by atoms with Gasteiger partial charge in [-0.05, 0) is 49.8 Å². The van der Waals surface area contributed by atoms with Crippen molar-refractivity contribution in [2.75, 3.05) is 11.4 Å². The highest BCUT2D eigenvalue weighted by Crippen LogP contribution is 2.46. The third-order valence-corrected chi connectivity index (χ3v) is 5.95. The van der Waals surface area contributed by atoms with Gasteiger partial charge in [0.15, 0.2) is 0 Å². The summed E-state index contributed by atoms with van der Waals surface area (Å²) in [6, 6.07) is 6.03. The maximum absolute atomic E-state index is 13.4. The van der Waals surface area contributed by atoms with E-state index in [4.69, 9.17) is 5.26 Å². The quantitative estimate of drug-likeness (QED) is 0.700. The van der Waals surface area contributed by atoms with Crippen LogP contribution in [-0.4, -0.2) is 22.1 Å². The Hall–Kier alpha value is -2.49. The van der Waals surface area contributed by atoms with Crippen LogP contribution in [0.2, 0.25) is 0 Å². The number of rotatable bonds is 4. The van der Waals surface area contributed by atoms with E-state index in [0.29, 0.717) is 12.2 Å². The monoisotopic (exact) mass is 390 g/mol. The number of hydrogen-bond donors (Lipinski definition) is 0. The Balaban J connectivity index is 1.93. The Morgan fingerprint density at radius 1 is 1.36 bits per heavy atom. The van der Waals surface area contributed by atoms with Crippen molar-refractivity contribution in [3.63, 3.8) is 0 Å². The molecule has 7 heteroatoms. The standard InChI is InChI=1S/C21H25F3N4/c1-4-28(16-6-5-15(13-25)18(11-16)21(22,23)24)17-7-8-20(2,3)19(12-17)27-10-9-26-14-27/h5-6,9-11,14,17,19H,4,7-8,12H2,1-3H3. The number of benzene rings is 1. The molecule has 0 amide bonds. The number of hydrogen-bond acceptors (Lipinski definition) is 3. The van der Waals surface area contributed by atoms with Crippen molar-refractivity contribution in [3.8, 4) is 6.07 Å². The molecular weight excluding hydrogens is 365 g/mol. The van der Waals surface area contributed by atoms with Crippen LogP contribution < -0.4 is 4.90 Å². The summed E-state index contributed by atoms with van der Waals surface area (Å²) in [7, 11) is 0. The molecule has 0 N–H and O–H groups in total. The molecule has 4 nitrogen and oxygen atoms in total. The highest BCUT2D eigenvalue weighted by atomic mass is 19.4. The first-order chi connectivity index (χ1) is 13.2. The molecule has 1 saturated carbocycles. The Morgan fingerprint density at radius 2 is 2.11 bits per heavy atom. The molecule has 1 aliphatic carbocycles. The summed E-state index contributed by atoms with van der Waals surface area (Å²) in [5.41, 5.74) is -0.608. The van der Waals surface area contributed by atoms with Crippen molar-refractivity contribution < 1.29 is 13.2 Å². The van der Waals surface area contributed by atoms with E-state index < -0.39 is 11.7 Å². The smallest absolute Gasteiger partial charge is 0.369 e. The van der Waals surface area contributed by atoms with Crippen LogP contribution in [0.4, 0.5) is 18.9 Å². The largest absolute Gasteiger partial charge is 0.417 e. The topological polar surface area (TPSA) is 44.9 Å². The lowest BCUT2D eigenvalue weighted by atomic mass is 9.71. The molecular formula is C21H25F3N4. The van der Waals surface area contributed by atoms with Crippen molar-refractivity contribution in [3.05, 3.63) is 48.0 Å². The summed E-state index contributed by atoms with van der Waals surface area (Å²) in [6.45, 7) is 7.02.